The SMILES string of the molecule is CCOc1ccccc1N(CC(=O)N(Cc1ccc(Cl)cc1)[C@@H](C)C(=O)NC1CCCCC1)S(C)(=O)=O. The molecule has 0 bridgehead atoms. The molecule has 37 heavy (non-hydrogen) atoms. The van der Waals surface area contributed by atoms with Crippen LogP contribution in [0, 0.1) is 0 Å². The van der Waals surface area contributed by atoms with Crippen LogP contribution in [0.3, 0.4) is 0 Å². The van der Waals surface area contributed by atoms with Crippen molar-refractivity contribution in [3.05, 3.63) is 59.1 Å². The van der Waals surface area contributed by atoms with Crippen molar-refractivity contribution in [2.24, 2.45) is 0 Å². The van der Waals surface area contributed by atoms with Gasteiger partial charge in [-0.25, -0.2) is 8.42 Å². The Labute approximate surface area is 225 Å². The van der Waals surface area contributed by atoms with Crippen molar-refractivity contribution < 1.29 is 22.7 Å². The Bertz CT molecular complexity index is 1170. The molecular formula is C27H36ClN3O5S. The lowest BCUT2D eigenvalue weighted by Gasteiger charge is -2.33. The van der Waals surface area contributed by atoms with Gasteiger partial charge >= 0.3 is 0 Å². The van der Waals surface area contributed by atoms with Crippen LogP contribution in [0.25, 0.3) is 0 Å². The molecule has 3 rings (SSSR count). The number of sulfonamides is 1. The van der Waals surface area contributed by atoms with Crippen LogP contribution in [-0.4, -0.2) is 56.6 Å². The fourth-order valence-corrected chi connectivity index (χ4v) is 5.45. The molecule has 1 atom stereocenters. The van der Waals surface area contributed by atoms with Gasteiger partial charge in [0.15, 0.2) is 0 Å². The number of amides is 2. The van der Waals surface area contributed by atoms with E-state index in [0.29, 0.717) is 17.4 Å². The highest BCUT2D eigenvalue weighted by Gasteiger charge is 2.32. The molecule has 1 aliphatic rings. The molecule has 0 spiro atoms. The Kier molecular flexibility index (Phi) is 10.2. The minimum atomic E-state index is -3.85. The zero-order valence-electron chi connectivity index (χ0n) is 21.7. The highest BCUT2D eigenvalue weighted by Crippen LogP contribution is 2.30. The number of hydrogen-bond acceptors (Lipinski definition) is 5. The van der Waals surface area contributed by atoms with Crippen LogP contribution < -0.4 is 14.4 Å². The molecule has 0 saturated heterocycles. The van der Waals surface area contributed by atoms with Crippen molar-refractivity contribution in [3.8, 4) is 5.75 Å². The summed E-state index contributed by atoms with van der Waals surface area (Å²) >= 11 is 6.03. The lowest BCUT2D eigenvalue weighted by Crippen LogP contribution is -2.53. The fourth-order valence-electron chi connectivity index (χ4n) is 4.47. The molecule has 1 fully saturated rings. The summed E-state index contributed by atoms with van der Waals surface area (Å²) in [6, 6.07) is 13.0. The van der Waals surface area contributed by atoms with E-state index in [0.717, 1.165) is 48.2 Å². The van der Waals surface area contributed by atoms with Gasteiger partial charge in [0.1, 0.15) is 18.3 Å². The monoisotopic (exact) mass is 549 g/mol. The zero-order valence-corrected chi connectivity index (χ0v) is 23.2. The van der Waals surface area contributed by atoms with Crippen LogP contribution in [0.1, 0.15) is 51.5 Å². The number of halogens is 1. The number of anilines is 1. The van der Waals surface area contributed by atoms with Crippen molar-refractivity contribution in [3.63, 3.8) is 0 Å². The summed E-state index contributed by atoms with van der Waals surface area (Å²) in [7, 11) is -3.85. The molecule has 0 heterocycles. The first-order valence-electron chi connectivity index (χ1n) is 12.6. The molecule has 2 aromatic rings. The zero-order chi connectivity index (χ0) is 27.0. The number of benzene rings is 2. The molecule has 8 nitrogen and oxygen atoms in total. The normalized spacial score (nSPS) is 15.0. The summed E-state index contributed by atoms with van der Waals surface area (Å²) < 4.78 is 32.3. The van der Waals surface area contributed by atoms with E-state index in [1.54, 1.807) is 62.4 Å². The number of rotatable bonds is 11. The van der Waals surface area contributed by atoms with E-state index in [9.17, 15) is 18.0 Å². The smallest absolute Gasteiger partial charge is 0.244 e. The van der Waals surface area contributed by atoms with Gasteiger partial charge in [0.2, 0.25) is 21.8 Å². The summed E-state index contributed by atoms with van der Waals surface area (Å²) in [6.45, 7) is 3.46. The number of hydrogen-bond donors (Lipinski definition) is 1. The van der Waals surface area contributed by atoms with Crippen LogP contribution in [0.4, 0.5) is 5.69 Å². The average molecular weight is 550 g/mol. The van der Waals surface area contributed by atoms with E-state index in [-0.39, 0.29) is 24.2 Å². The second-order valence-corrected chi connectivity index (χ2v) is 11.7. The first-order valence-corrected chi connectivity index (χ1v) is 14.9. The largest absolute Gasteiger partial charge is 0.492 e. The van der Waals surface area contributed by atoms with Gasteiger partial charge in [-0.3, -0.25) is 13.9 Å². The summed E-state index contributed by atoms with van der Waals surface area (Å²) in [6.07, 6.45) is 6.17. The summed E-state index contributed by atoms with van der Waals surface area (Å²) in [5.41, 5.74) is 1.04. The highest BCUT2D eigenvalue weighted by molar-refractivity contribution is 7.92. The molecule has 2 amide bonds. The maximum Gasteiger partial charge on any atom is 0.244 e. The molecular weight excluding hydrogens is 514 g/mol. The van der Waals surface area contributed by atoms with Crippen LogP contribution in [0.5, 0.6) is 5.75 Å². The van der Waals surface area contributed by atoms with Gasteiger partial charge in [-0.2, -0.15) is 0 Å². The third-order valence-electron chi connectivity index (χ3n) is 6.50. The Morgan fingerprint density at radius 1 is 1.08 bits per heavy atom. The minimum Gasteiger partial charge on any atom is -0.492 e. The lowest BCUT2D eigenvalue weighted by molar-refractivity contribution is -0.139. The number of para-hydroxylation sites is 2. The molecule has 1 saturated carbocycles. The highest BCUT2D eigenvalue weighted by atomic mass is 35.5. The van der Waals surface area contributed by atoms with Crippen LogP contribution in [-0.2, 0) is 26.2 Å². The third-order valence-corrected chi connectivity index (χ3v) is 7.88. The first-order chi connectivity index (χ1) is 17.6. The second kappa shape index (κ2) is 13.1. The molecule has 0 radical (unpaired) electrons. The van der Waals surface area contributed by atoms with Gasteiger partial charge in [-0.15, -0.1) is 0 Å². The van der Waals surface area contributed by atoms with Crippen LogP contribution in [0.15, 0.2) is 48.5 Å². The average Bonchev–Trinajstić information content (AvgIpc) is 2.87. The Morgan fingerprint density at radius 2 is 1.73 bits per heavy atom. The van der Waals surface area contributed by atoms with Gasteiger partial charge in [0, 0.05) is 17.6 Å². The van der Waals surface area contributed by atoms with E-state index in [2.05, 4.69) is 5.32 Å². The minimum absolute atomic E-state index is 0.0850. The number of carbonyl (C=O) groups is 2. The summed E-state index contributed by atoms with van der Waals surface area (Å²) in [5, 5.41) is 3.64. The standard InChI is InChI=1S/C27H36ClN3O5S/c1-4-36-25-13-9-8-12-24(25)31(37(3,34)35)19-26(32)30(18-21-14-16-22(28)17-15-21)20(2)27(33)29-23-10-6-5-7-11-23/h8-9,12-17,20,23H,4-7,10-11,18-19H2,1-3H3,(H,29,33)/t20-/m0/s1. The van der Waals surface area contributed by atoms with Gasteiger partial charge < -0.3 is 15.0 Å². The molecule has 2 aromatic carbocycles. The Morgan fingerprint density at radius 3 is 2.35 bits per heavy atom. The third kappa shape index (κ3) is 8.10. The van der Waals surface area contributed by atoms with Crippen molar-refractivity contribution in [2.75, 3.05) is 23.7 Å². The van der Waals surface area contributed by atoms with Crippen LogP contribution in [0.2, 0.25) is 5.02 Å². The first kappa shape index (κ1) is 28.8. The molecule has 202 valence electrons. The maximum absolute atomic E-state index is 13.7. The fraction of sp³-hybridized carbons (Fsp3) is 0.481. The van der Waals surface area contributed by atoms with E-state index in [1.165, 1.54) is 4.90 Å². The van der Waals surface area contributed by atoms with Crippen molar-refractivity contribution in [2.45, 2.75) is 64.6 Å². The molecule has 1 N–H and O–H groups in total. The van der Waals surface area contributed by atoms with Crippen molar-refractivity contribution in [1.82, 2.24) is 10.2 Å². The predicted molar refractivity (Wildman–Crippen MR) is 146 cm³/mol. The number of ether oxygens (including phenoxy) is 1. The number of nitrogens with one attached hydrogen (secondary N) is 1. The maximum atomic E-state index is 13.7. The summed E-state index contributed by atoms with van der Waals surface area (Å²) in [4.78, 5) is 28.4. The summed E-state index contributed by atoms with van der Waals surface area (Å²) in [5.74, 6) is -0.400. The van der Waals surface area contributed by atoms with E-state index < -0.39 is 28.5 Å². The molecule has 1 aliphatic carbocycles. The van der Waals surface area contributed by atoms with Gasteiger partial charge in [0.25, 0.3) is 0 Å². The van der Waals surface area contributed by atoms with Crippen molar-refractivity contribution in [1.29, 1.82) is 0 Å². The van der Waals surface area contributed by atoms with E-state index in [4.69, 9.17) is 16.3 Å². The molecule has 10 heteroatoms. The van der Waals surface area contributed by atoms with Gasteiger partial charge in [-0.1, -0.05) is 55.1 Å². The van der Waals surface area contributed by atoms with E-state index in [1.807, 2.05) is 0 Å². The molecule has 0 aromatic heterocycles. The van der Waals surface area contributed by atoms with Gasteiger partial charge in [-0.05, 0) is 56.5 Å². The quantitative estimate of drug-likeness (QED) is 0.449. The number of nitrogens with zero attached hydrogens (tertiary/aromatic N) is 2. The van der Waals surface area contributed by atoms with E-state index >= 15 is 0 Å². The van der Waals surface area contributed by atoms with Crippen molar-refractivity contribution >= 4 is 39.1 Å². The molecule has 0 aliphatic heterocycles. The topological polar surface area (TPSA) is 96.0 Å². The van der Waals surface area contributed by atoms with Gasteiger partial charge in [0.05, 0.1) is 18.6 Å². The molecule has 0 unspecified atom stereocenters. The second-order valence-electron chi connectivity index (χ2n) is 9.34. The Hall–Kier alpha value is -2.78. The Balaban J connectivity index is 1.89. The van der Waals surface area contributed by atoms with Crippen LogP contribution >= 0.6 is 11.6 Å². The predicted octanol–water partition coefficient (Wildman–Crippen LogP) is 4.37. The lowest BCUT2D eigenvalue weighted by atomic mass is 9.95. The number of carbonyl (C=O) groups excluding carboxylic acids is 2.